The Morgan fingerprint density at radius 2 is 1.97 bits per heavy atom. The lowest BCUT2D eigenvalue weighted by atomic mass is 9.72. The summed E-state index contributed by atoms with van der Waals surface area (Å²) in [6, 6.07) is 0. The molecular formula is C28H46N2O3. The summed E-state index contributed by atoms with van der Waals surface area (Å²) in [4.78, 5) is 13.9. The van der Waals surface area contributed by atoms with Crippen LogP contribution in [-0.4, -0.2) is 55.8 Å². The zero-order valence-corrected chi connectivity index (χ0v) is 21.7. The van der Waals surface area contributed by atoms with E-state index in [0.717, 1.165) is 18.5 Å². The molecule has 1 aliphatic rings. The van der Waals surface area contributed by atoms with Crippen LogP contribution in [0.5, 0.6) is 0 Å². The first-order valence-corrected chi connectivity index (χ1v) is 12.2. The number of nitrogens with one attached hydrogen (secondary N) is 1. The van der Waals surface area contributed by atoms with Crippen LogP contribution < -0.4 is 5.32 Å². The van der Waals surface area contributed by atoms with Gasteiger partial charge in [0, 0.05) is 13.1 Å². The monoisotopic (exact) mass is 458 g/mol. The molecule has 2 N–H and O–H groups in total. The Balaban J connectivity index is 2.33. The van der Waals surface area contributed by atoms with E-state index in [9.17, 15) is 4.79 Å². The minimum absolute atomic E-state index is 0.00162. The third-order valence-corrected chi connectivity index (χ3v) is 6.01. The van der Waals surface area contributed by atoms with Gasteiger partial charge < -0.3 is 20.1 Å². The van der Waals surface area contributed by atoms with Gasteiger partial charge in [-0.15, -0.1) is 0 Å². The van der Waals surface area contributed by atoms with Gasteiger partial charge in [-0.05, 0) is 76.6 Å². The van der Waals surface area contributed by atoms with Crippen molar-refractivity contribution in [2.24, 2.45) is 5.41 Å². The smallest absolute Gasteiger partial charge is 0.223 e. The molecule has 0 fully saturated rings. The fraction of sp³-hybridized carbons (Fsp3) is 0.607. The van der Waals surface area contributed by atoms with E-state index in [4.69, 9.17) is 9.84 Å². The molecule has 0 aromatic heterocycles. The minimum Gasteiger partial charge on any atom is -0.500 e. The first kappa shape index (κ1) is 28.9. The molecule has 0 heterocycles. The molecule has 0 aromatic rings. The summed E-state index contributed by atoms with van der Waals surface area (Å²) < 4.78 is 5.51. The average molecular weight is 459 g/mol. The quantitative estimate of drug-likeness (QED) is 0.210. The fourth-order valence-electron chi connectivity index (χ4n) is 3.96. The molecule has 0 radical (unpaired) electrons. The predicted molar refractivity (Wildman–Crippen MR) is 139 cm³/mol. The number of hydrogen-bond donors (Lipinski definition) is 2. The maximum Gasteiger partial charge on any atom is 0.223 e. The van der Waals surface area contributed by atoms with Gasteiger partial charge in [0.2, 0.25) is 5.91 Å². The molecule has 5 heteroatoms. The normalized spacial score (nSPS) is 17.5. The SMILES string of the molecule is CC1=C(/C=C/C(C)=C/C=C/C(C)=C/OCCC(=O)NCCCN(C)CCO)C(C)(C)CCC1. The Morgan fingerprint density at radius 3 is 2.67 bits per heavy atom. The molecule has 0 atom stereocenters. The standard InChI is InChI=1S/C28H46N2O3/c1-23(13-14-26-25(3)12-8-16-28(26,4)5)10-7-11-24(2)22-33-21-15-27(32)29-17-9-18-30(6)19-20-31/h7,10-11,13-14,22,31H,8-9,12,15-21H2,1-6H3,(H,29,32)/b11-7+,14-13+,23-10+,24-22+. The number of rotatable bonds is 14. The first-order chi connectivity index (χ1) is 15.7. The predicted octanol–water partition coefficient (Wildman–Crippen LogP) is 5.31. The fourth-order valence-corrected chi connectivity index (χ4v) is 3.96. The van der Waals surface area contributed by atoms with Crippen LogP contribution in [0.1, 0.15) is 66.7 Å². The Hall–Kier alpha value is -2.11. The van der Waals surface area contributed by atoms with E-state index in [2.05, 4.69) is 51.2 Å². The summed E-state index contributed by atoms with van der Waals surface area (Å²) in [5, 5.41) is 11.8. The zero-order valence-electron chi connectivity index (χ0n) is 21.7. The van der Waals surface area contributed by atoms with E-state index in [1.807, 2.05) is 31.0 Å². The second-order valence-electron chi connectivity index (χ2n) is 9.75. The van der Waals surface area contributed by atoms with E-state index in [1.165, 1.54) is 36.0 Å². The molecule has 186 valence electrons. The number of nitrogens with zero attached hydrogens (tertiary/aromatic N) is 1. The lowest BCUT2D eigenvalue weighted by Crippen LogP contribution is -2.29. The summed E-state index contributed by atoms with van der Waals surface area (Å²) in [6.07, 6.45) is 17.3. The van der Waals surface area contributed by atoms with Crippen molar-refractivity contribution in [3.05, 3.63) is 58.9 Å². The lowest BCUT2D eigenvalue weighted by molar-refractivity contribution is -0.121. The van der Waals surface area contributed by atoms with E-state index < -0.39 is 0 Å². The van der Waals surface area contributed by atoms with Crippen molar-refractivity contribution in [2.75, 3.05) is 39.9 Å². The second kappa shape index (κ2) is 15.7. The van der Waals surface area contributed by atoms with E-state index >= 15 is 0 Å². The Morgan fingerprint density at radius 1 is 1.21 bits per heavy atom. The highest BCUT2D eigenvalue weighted by atomic mass is 16.5. The Labute approximate surface area is 202 Å². The number of allylic oxidation sites excluding steroid dienone is 9. The van der Waals surface area contributed by atoms with Gasteiger partial charge in [-0.25, -0.2) is 0 Å². The first-order valence-electron chi connectivity index (χ1n) is 12.2. The Bertz CT molecular complexity index is 757. The van der Waals surface area contributed by atoms with E-state index in [-0.39, 0.29) is 17.9 Å². The molecule has 5 nitrogen and oxygen atoms in total. The number of aliphatic hydroxyl groups is 1. The van der Waals surface area contributed by atoms with Gasteiger partial charge >= 0.3 is 0 Å². The second-order valence-corrected chi connectivity index (χ2v) is 9.75. The molecule has 0 unspecified atom stereocenters. The number of aliphatic hydroxyl groups excluding tert-OH is 1. The van der Waals surface area contributed by atoms with Crippen molar-refractivity contribution >= 4 is 5.91 Å². The van der Waals surface area contributed by atoms with Gasteiger partial charge in [0.05, 0.1) is 25.9 Å². The molecule has 0 bridgehead atoms. The van der Waals surface area contributed by atoms with Crippen LogP contribution in [0.3, 0.4) is 0 Å². The number of hydrogen-bond acceptors (Lipinski definition) is 4. The van der Waals surface area contributed by atoms with Crippen molar-refractivity contribution in [3.63, 3.8) is 0 Å². The van der Waals surface area contributed by atoms with Crippen LogP contribution >= 0.6 is 0 Å². The van der Waals surface area contributed by atoms with Crippen LogP contribution in [0.15, 0.2) is 58.9 Å². The molecule has 1 amide bonds. The van der Waals surface area contributed by atoms with E-state index in [0.29, 0.717) is 26.1 Å². The van der Waals surface area contributed by atoms with Crippen molar-refractivity contribution in [3.8, 4) is 0 Å². The molecular weight excluding hydrogens is 412 g/mol. The molecule has 0 aliphatic heterocycles. The lowest BCUT2D eigenvalue weighted by Gasteiger charge is -2.32. The topological polar surface area (TPSA) is 61.8 Å². The van der Waals surface area contributed by atoms with Crippen molar-refractivity contribution in [1.82, 2.24) is 10.2 Å². The average Bonchev–Trinajstić information content (AvgIpc) is 2.73. The summed E-state index contributed by atoms with van der Waals surface area (Å²) in [6.45, 7) is 13.7. The zero-order chi connectivity index (χ0) is 24.7. The molecule has 1 aliphatic carbocycles. The number of carbonyl (C=O) groups excluding carboxylic acids is 1. The molecule has 0 spiro atoms. The van der Waals surface area contributed by atoms with Crippen LogP contribution in [0, 0.1) is 5.41 Å². The van der Waals surface area contributed by atoms with Crippen molar-refractivity contribution < 1.29 is 14.6 Å². The van der Waals surface area contributed by atoms with Crippen LogP contribution in [-0.2, 0) is 9.53 Å². The van der Waals surface area contributed by atoms with Gasteiger partial charge in [-0.3, -0.25) is 4.79 Å². The number of carbonyl (C=O) groups is 1. The van der Waals surface area contributed by atoms with Gasteiger partial charge in [0.15, 0.2) is 0 Å². The number of ether oxygens (including phenoxy) is 1. The van der Waals surface area contributed by atoms with Gasteiger partial charge in [-0.2, -0.15) is 0 Å². The maximum absolute atomic E-state index is 11.8. The highest BCUT2D eigenvalue weighted by Gasteiger charge is 2.26. The Kier molecular flexibility index (Phi) is 13.7. The molecule has 0 aromatic carbocycles. The third-order valence-electron chi connectivity index (χ3n) is 6.01. The molecule has 1 rings (SSSR count). The highest BCUT2D eigenvalue weighted by Crippen LogP contribution is 2.40. The van der Waals surface area contributed by atoms with Gasteiger partial charge in [-0.1, -0.05) is 55.4 Å². The summed E-state index contributed by atoms with van der Waals surface area (Å²) in [5.74, 6) is -0.00162. The minimum atomic E-state index is -0.00162. The maximum atomic E-state index is 11.8. The van der Waals surface area contributed by atoms with Crippen LogP contribution in [0.25, 0.3) is 0 Å². The third kappa shape index (κ3) is 12.6. The van der Waals surface area contributed by atoms with Gasteiger partial charge in [0.1, 0.15) is 0 Å². The molecule has 0 saturated heterocycles. The summed E-state index contributed by atoms with van der Waals surface area (Å²) >= 11 is 0. The van der Waals surface area contributed by atoms with E-state index in [1.54, 1.807) is 6.26 Å². The summed E-state index contributed by atoms with van der Waals surface area (Å²) in [5.41, 5.74) is 5.47. The van der Waals surface area contributed by atoms with Crippen molar-refractivity contribution in [1.29, 1.82) is 0 Å². The van der Waals surface area contributed by atoms with Crippen molar-refractivity contribution in [2.45, 2.75) is 66.7 Å². The summed E-state index contributed by atoms with van der Waals surface area (Å²) in [7, 11) is 1.96. The number of amides is 1. The van der Waals surface area contributed by atoms with Gasteiger partial charge in [0.25, 0.3) is 0 Å². The highest BCUT2D eigenvalue weighted by molar-refractivity contribution is 5.75. The van der Waals surface area contributed by atoms with Crippen LogP contribution in [0.4, 0.5) is 0 Å². The molecule has 0 saturated carbocycles. The largest absolute Gasteiger partial charge is 0.500 e. The number of likely N-dealkylation sites (N-methyl/N-ethyl adjacent to an activating group) is 1. The molecule has 33 heavy (non-hydrogen) atoms. The van der Waals surface area contributed by atoms with Crippen LogP contribution in [0.2, 0.25) is 0 Å².